The van der Waals surface area contributed by atoms with Crippen molar-refractivity contribution < 1.29 is 0 Å². The molecule has 0 amide bonds. The van der Waals surface area contributed by atoms with Crippen LogP contribution in [0.15, 0.2) is 24.3 Å². The molecule has 74 valence electrons. The van der Waals surface area contributed by atoms with E-state index in [0.717, 1.165) is 17.9 Å². The Labute approximate surface area is 87.4 Å². The van der Waals surface area contributed by atoms with Gasteiger partial charge in [-0.1, -0.05) is 38.3 Å². The number of benzene rings is 1. The molecule has 0 radical (unpaired) electrons. The molecule has 0 unspecified atom stereocenters. The van der Waals surface area contributed by atoms with Crippen molar-refractivity contribution in [3.63, 3.8) is 0 Å². The summed E-state index contributed by atoms with van der Waals surface area (Å²) in [5, 5.41) is 0. The van der Waals surface area contributed by atoms with Gasteiger partial charge in [0, 0.05) is 5.56 Å². The Bertz CT molecular complexity index is 315. The van der Waals surface area contributed by atoms with Crippen LogP contribution in [0.1, 0.15) is 37.8 Å². The van der Waals surface area contributed by atoms with Gasteiger partial charge in [0.1, 0.15) is 0 Å². The van der Waals surface area contributed by atoms with Gasteiger partial charge >= 0.3 is 0 Å². The van der Waals surface area contributed by atoms with E-state index in [0.29, 0.717) is 0 Å². The summed E-state index contributed by atoms with van der Waals surface area (Å²) in [4.78, 5) is 0. The monoisotopic (exact) mass is 186 g/mol. The molecule has 0 fully saturated rings. The average molecular weight is 186 g/mol. The van der Waals surface area contributed by atoms with Gasteiger partial charge in [-0.2, -0.15) is 0 Å². The lowest BCUT2D eigenvalue weighted by atomic mass is 10.0. The highest BCUT2D eigenvalue weighted by Gasteiger charge is 1.96. The van der Waals surface area contributed by atoms with Crippen LogP contribution in [0.4, 0.5) is 0 Å². The summed E-state index contributed by atoms with van der Waals surface area (Å²) >= 11 is 0. The van der Waals surface area contributed by atoms with Gasteiger partial charge in [-0.25, -0.2) is 0 Å². The van der Waals surface area contributed by atoms with E-state index in [-0.39, 0.29) is 0 Å². The molecule has 0 nitrogen and oxygen atoms in total. The van der Waals surface area contributed by atoms with Crippen molar-refractivity contribution in [2.75, 3.05) is 0 Å². The SMILES string of the molecule is C#Cc1cccc(CCCC(C)C)c1. The Morgan fingerprint density at radius 1 is 1.36 bits per heavy atom. The van der Waals surface area contributed by atoms with Gasteiger partial charge in [0.2, 0.25) is 0 Å². The van der Waals surface area contributed by atoms with E-state index in [1.54, 1.807) is 0 Å². The topological polar surface area (TPSA) is 0 Å². The minimum atomic E-state index is 0.797. The van der Waals surface area contributed by atoms with Gasteiger partial charge in [0.25, 0.3) is 0 Å². The summed E-state index contributed by atoms with van der Waals surface area (Å²) in [6, 6.07) is 8.29. The molecule has 0 heterocycles. The van der Waals surface area contributed by atoms with Crippen LogP contribution in [0.2, 0.25) is 0 Å². The molecule has 0 aliphatic rings. The summed E-state index contributed by atoms with van der Waals surface area (Å²) in [5.41, 5.74) is 2.35. The normalized spacial score (nSPS) is 10.1. The van der Waals surface area contributed by atoms with Crippen molar-refractivity contribution in [1.82, 2.24) is 0 Å². The zero-order chi connectivity index (χ0) is 10.4. The predicted octanol–water partition coefficient (Wildman–Crippen LogP) is 3.65. The number of rotatable bonds is 4. The third-order valence-electron chi connectivity index (χ3n) is 2.34. The minimum absolute atomic E-state index is 0.797. The van der Waals surface area contributed by atoms with Gasteiger partial charge in [-0.15, -0.1) is 6.42 Å². The van der Waals surface area contributed by atoms with Crippen LogP contribution in [-0.4, -0.2) is 0 Å². The van der Waals surface area contributed by atoms with E-state index < -0.39 is 0 Å². The van der Waals surface area contributed by atoms with E-state index in [9.17, 15) is 0 Å². The molecule has 0 aliphatic carbocycles. The van der Waals surface area contributed by atoms with Crippen molar-refractivity contribution in [1.29, 1.82) is 0 Å². The number of terminal acetylenes is 1. The number of aryl methyl sites for hydroxylation is 1. The molecule has 1 aromatic rings. The fraction of sp³-hybridized carbons (Fsp3) is 0.429. The quantitative estimate of drug-likeness (QED) is 0.630. The maximum Gasteiger partial charge on any atom is 0.0245 e. The van der Waals surface area contributed by atoms with Crippen LogP contribution in [-0.2, 0) is 6.42 Å². The lowest BCUT2D eigenvalue weighted by molar-refractivity contribution is 0.556. The maximum atomic E-state index is 5.35. The first-order valence-electron chi connectivity index (χ1n) is 5.28. The molecule has 0 saturated heterocycles. The highest BCUT2D eigenvalue weighted by atomic mass is 14.0. The Morgan fingerprint density at radius 3 is 2.79 bits per heavy atom. The van der Waals surface area contributed by atoms with Crippen molar-refractivity contribution in [2.45, 2.75) is 33.1 Å². The van der Waals surface area contributed by atoms with Gasteiger partial charge in [0.05, 0.1) is 0 Å². The van der Waals surface area contributed by atoms with Crippen LogP contribution >= 0.6 is 0 Å². The number of hydrogen-bond donors (Lipinski definition) is 0. The molecule has 0 bridgehead atoms. The van der Waals surface area contributed by atoms with Crippen molar-refractivity contribution in [3.8, 4) is 12.3 Å². The van der Waals surface area contributed by atoms with Crippen molar-refractivity contribution >= 4 is 0 Å². The maximum absolute atomic E-state index is 5.35. The zero-order valence-corrected chi connectivity index (χ0v) is 9.09. The third kappa shape index (κ3) is 3.66. The second-order valence-corrected chi connectivity index (χ2v) is 4.13. The first-order valence-corrected chi connectivity index (χ1v) is 5.28. The second-order valence-electron chi connectivity index (χ2n) is 4.13. The molecule has 1 aromatic carbocycles. The van der Waals surface area contributed by atoms with E-state index in [1.807, 2.05) is 12.1 Å². The van der Waals surface area contributed by atoms with Gasteiger partial charge in [0.15, 0.2) is 0 Å². The standard InChI is InChI=1S/C14H18/c1-4-13-8-6-10-14(11-13)9-5-7-12(2)3/h1,6,8,10-12H,5,7,9H2,2-3H3. The number of hydrogen-bond acceptors (Lipinski definition) is 0. The smallest absolute Gasteiger partial charge is 0.0245 e. The highest BCUT2D eigenvalue weighted by Crippen LogP contribution is 2.11. The Morgan fingerprint density at radius 2 is 2.14 bits per heavy atom. The van der Waals surface area contributed by atoms with Crippen LogP contribution in [0.5, 0.6) is 0 Å². The van der Waals surface area contributed by atoms with Gasteiger partial charge < -0.3 is 0 Å². The summed E-state index contributed by atoms with van der Waals surface area (Å²) in [7, 11) is 0. The zero-order valence-electron chi connectivity index (χ0n) is 9.09. The molecule has 14 heavy (non-hydrogen) atoms. The fourth-order valence-electron chi connectivity index (χ4n) is 1.53. The summed E-state index contributed by atoms with van der Waals surface area (Å²) in [6.07, 6.45) is 9.04. The average Bonchev–Trinajstić information content (AvgIpc) is 2.18. The van der Waals surface area contributed by atoms with Crippen molar-refractivity contribution in [3.05, 3.63) is 35.4 Å². The Balaban J connectivity index is 2.47. The molecule has 0 aromatic heterocycles. The lowest BCUT2D eigenvalue weighted by Crippen LogP contribution is -1.91. The molecule has 1 rings (SSSR count). The fourth-order valence-corrected chi connectivity index (χ4v) is 1.53. The van der Waals surface area contributed by atoms with Crippen molar-refractivity contribution in [2.24, 2.45) is 5.92 Å². The van der Waals surface area contributed by atoms with E-state index >= 15 is 0 Å². The molecule has 0 aliphatic heterocycles. The molecular formula is C14H18. The molecular weight excluding hydrogens is 168 g/mol. The van der Waals surface area contributed by atoms with Crippen LogP contribution in [0, 0.1) is 18.3 Å². The summed E-state index contributed by atoms with van der Waals surface area (Å²) < 4.78 is 0. The molecule has 0 atom stereocenters. The van der Waals surface area contributed by atoms with E-state index in [2.05, 4.69) is 31.9 Å². The highest BCUT2D eigenvalue weighted by molar-refractivity contribution is 5.35. The molecule has 0 N–H and O–H groups in total. The summed E-state index contributed by atoms with van der Waals surface area (Å²) in [5.74, 6) is 3.46. The first kappa shape index (κ1) is 10.9. The predicted molar refractivity (Wildman–Crippen MR) is 62.2 cm³/mol. The lowest BCUT2D eigenvalue weighted by Gasteiger charge is -2.04. The minimum Gasteiger partial charge on any atom is -0.115 e. The molecule has 0 heteroatoms. The van der Waals surface area contributed by atoms with Crippen LogP contribution in [0.25, 0.3) is 0 Å². The van der Waals surface area contributed by atoms with Gasteiger partial charge in [-0.05, 0) is 36.5 Å². The third-order valence-corrected chi connectivity index (χ3v) is 2.34. The van der Waals surface area contributed by atoms with Crippen LogP contribution in [0.3, 0.4) is 0 Å². The Hall–Kier alpha value is -1.22. The van der Waals surface area contributed by atoms with E-state index in [1.165, 1.54) is 18.4 Å². The largest absolute Gasteiger partial charge is 0.115 e. The second kappa shape index (κ2) is 5.50. The van der Waals surface area contributed by atoms with Crippen LogP contribution < -0.4 is 0 Å². The first-order chi connectivity index (χ1) is 6.72. The summed E-state index contributed by atoms with van der Waals surface area (Å²) in [6.45, 7) is 4.52. The Kier molecular flexibility index (Phi) is 4.26. The van der Waals surface area contributed by atoms with Gasteiger partial charge in [-0.3, -0.25) is 0 Å². The molecule has 0 saturated carbocycles. The van der Waals surface area contributed by atoms with E-state index in [4.69, 9.17) is 6.42 Å². The molecule has 0 spiro atoms.